The molecule has 0 atom stereocenters. The maximum absolute atomic E-state index is 12.6. The minimum atomic E-state index is -0.552. The van der Waals surface area contributed by atoms with Gasteiger partial charge >= 0.3 is 0 Å². The van der Waals surface area contributed by atoms with Crippen molar-refractivity contribution in [2.45, 2.75) is 20.8 Å². The van der Waals surface area contributed by atoms with E-state index in [0.29, 0.717) is 23.5 Å². The number of nitrogens with zero attached hydrogens (tertiary/aromatic N) is 1. The first-order valence-corrected chi connectivity index (χ1v) is 11.6. The number of ether oxygens (including phenoxy) is 2. The molecule has 2 amide bonds. The minimum Gasteiger partial charge on any atom is -0.490 e. The second-order valence-electron chi connectivity index (χ2n) is 7.96. The van der Waals surface area contributed by atoms with Crippen molar-refractivity contribution in [2.75, 3.05) is 23.8 Å². The number of halogens is 1. The zero-order valence-corrected chi connectivity index (χ0v) is 21.0. The SMILES string of the molecule is CCOc1cc(/C=C(\C#N)C(=O)Nc2ccc(C)cc2)cc(Cl)c1OCC(=O)Nc1cccc(C)c1. The van der Waals surface area contributed by atoms with Crippen molar-refractivity contribution in [1.29, 1.82) is 5.26 Å². The van der Waals surface area contributed by atoms with Crippen LogP contribution in [0.5, 0.6) is 11.5 Å². The average molecular weight is 504 g/mol. The fraction of sp³-hybridized carbons (Fsp3) is 0.179. The molecule has 3 rings (SSSR count). The van der Waals surface area contributed by atoms with Crippen LogP contribution in [0.15, 0.2) is 66.2 Å². The van der Waals surface area contributed by atoms with Crippen LogP contribution < -0.4 is 20.1 Å². The Morgan fingerprint density at radius 1 is 0.972 bits per heavy atom. The summed E-state index contributed by atoms with van der Waals surface area (Å²) in [5.41, 5.74) is 3.66. The molecule has 0 heterocycles. The summed E-state index contributed by atoms with van der Waals surface area (Å²) in [6.45, 7) is 5.69. The monoisotopic (exact) mass is 503 g/mol. The normalized spacial score (nSPS) is 10.8. The average Bonchev–Trinajstić information content (AvgIpc) is 2.83. The van der Waals surface area contributed by atoms with Gasteiger partial charge in [0.1, 0.15) is 11.6 Å². The summed E-state index contributed by atoms with van der Waals surface area (Å²) < 4.78 is 11.3. The molecule has 0 unspecified atom stereocenters. The zero-order valence-electron chi connectivity index (χ0n) is 20.2. The second-order valence-corrected chi connectivity index (χ2v) is 8.37. The second kappa shape index (κ2) is 12.4. The number of rotatable bonds is 9. The highest BCUT2D eigenvalue weighted by Crippen LogP contribution is 2.37. The zero-order chi connectivity index (χ0) is 26.1. The van der Waals surface area contributed by atoms with Crippen molar-refractivity contribution in [3.05, 3.63) is 87.9 Å². The molecule has 0 aliphatic heterocycles. The molecule has 36 heavy (non-hydrogen) atoms. The van der Waals surface area contributed by atoms with Crippen LogP contribution in [0.4, 0.5) is 11.4 Å². The van der Waals surface area contributed by atoms with Gasteiger partial charge < -0.3 is 20.1 Å². The van der Waals surface area contributed by atoms with Gasteiger partial charge in [-0.1, -0.05) is 41.4 Å². The van der Waals surface area contributed by atoms with Gasteiger partial charge in [0.25, 0.3) is 11.8 Å². The maximum Gasteiger partial charge on any atom is 0.266 e. The summed E-state index contributed by atoms with van der Waals surface area (Å²) in [6, 6.07) is 19.7. The lowest BCUT2D eigenvalue weighted by atomic mass is 10.1. The first-order chi connectivity index (χ1) is 17.3. The van der Waals surface area contributed by atoms with E-state index in [2.05, 4.69) is 10.6 Å². The number of hydrogen-bond acceptors (Lipinski definition) is 5. The van der Waals surface area contributed by atoms with Gasteiger partial charge in [-0.3, -0.25) is 9.59 Å². The van der Waals surface area contributed by atoms with E-state index in [4.69, 9.17) is 21.1 Å². The summed E-state index contributed by atoms with van der Waals surface area (Å²) in [7, 11) is 0. The Morgan fingerprint density at radius 3 is 2.39 bits per heavy atom. The molecule has 7 nitrogen and oxygen atoms in total. The predicted molar refractivity (Wildman–Crippen MR) is 141 cm³/mol. The molecular formula is C28H26ClN3O4. The first kappa shape index (κ1) is 26.3. The molecule has 0 bridgehead atoms. The summed E-state index contributed by atoms with van der Waals surface area (Å²) >= 11 is 6.44. The molecular weight excluding hydrogens is 478 g/mol. The lowest BCUT2D eigenvalue weighted by molar-refractivity contribution is -0.118. The molecule has 0 saturated heterocycles. The molecule has 0 aromatic heterocycles. The third-order valence-electron chi connectivity index (χ3n) is 4.97. The molecule has 0 saturated carbocycles. The molecule has 3 aromatic carbocycles. The summed E-state index contributed by atoms with van der Waals surface area (Å²) in [5.74, 6) is -0.431. The van der Waals surface area contributed by atoms with Crippen molar-refractivity contribution in [3.63, 3.8) is 0 Å². The molecule has 0 spiro atoms. The van der Waals surface area contributed by atoms with Crippen molar-refractivity contribution in [2.24, 2.45) is 0 Å². The van der Waals surface area contributed by atoms with Crippen LogP contribution in [-0.4, -0.2) is 25.0 Å². The Labute approximate surface area is 215 Å². The maximum atomic E-state index is 12.6. The van der Waals surface area contributed by atoms with E-state index in [1.54, 1.807) is 31.2 Å². The molecule has 0 aliphatic rings. The highest BCUT2D eigenvalue weighted by molar-refractivity contribution is 6.32. The van der Waals surface area contributed by atoms with E-state index in [9.17, 15) is 14.9 Å². The number of nitrogens with one attached hydrogen (secondary N) is 2. The number of carbonyl (C=O) groups excluding carboxylic acids is 2. The lowest BCUT2D eigenvalue weighted by Crippen LogP contribution is -2.20. The number of carbonyl (C=O) groups is 2. The predicted octanol–water partition coefficient (Wildman–Crippen LogP) is 5.92. The highest BCUT2D eigenvalue weighted by atomic mass is 35.5. The molecule has 2 N–H and O–H groups in total. The van der Waals surface area contributed by atoms with Crippen LogP contribution in [0, 0.1) is 25.2 Å². The van der Waals surface area contributed by atoms with E-state index in [0.717, 1.165) is 11.1 Å². The highest BCUT2D eigenvalue weighted by Gasteiger charge is 2.16. The Kier molecular flexibility index (Phi) is 9.09. The van der Waals surface area contributed by atoms with Gasteiger partial charge in [0, 0.05) is 11.4 Å². The Balaban J connectivity index is 1.76. The molecule has 0 aliphatic carbocycles. The fourth-order valence-corrected chi connectivity index (χ4v) is 3.56. The Hall–Kier alpha value is -4.28. The van der Waals surface area contributed by atoms with Crippen LogP contribution in [0.2, 0.25) is 5.02 Å². The Bertz CT molecular complexity index is 1330. The molecule has 0 fully saturated rings. The van der Waals surface area contributed by atoms with Gasteiger partial charge in [0.05, 0.1) is 11.6 Å². The summed E-state index contributed by atoms with van der Waals surface area (Å²) in [5, 5.41) is 15.2. The first-order valence-electron chi connectivity index (χ1n) is 11.2. The van der Waals surface area contributed by atoms with Crippen molar-refractivity contribution in [1.82, 2.24) is 0 Å². The van der Waals surface area contributed by atoms with Crippen LogP contribution in [0.3, 0.4) is 0 Å². The summed E-state index contributed by atoms with van der Waals surface area (Å²) in [6.07, 6.45) is 1.41. The summed E-state index contributed by atoms with van der Waals surface area (Å²) in [4.78, 5) is 25.0. The van der Waals surface area contributed by atoms with Crippen molar-refractivity contribution >= 4 is 40.9 Å². The number of amides is 2. The molecule has 184 valence electrons. The number of benzene rings is 3. The van der Waals surface area contributed by atoms with Crippen LogP contribution in [0.25, 0.3) is 6.08 Å². The molecule has 0 radical (unpaired) electrons. The number of hydrogen-bond donors (Lipinski definition) is 2. The van der Waals surface area contributed by atoms with Gasteiger partial charge in [-0.15, -0.1) is 0 Å². The van der Waals surface area contributed by atoms with Gasteiger partial charge in [-0.05, 0) is 74.4 Å². The van der Waals surface area contributed by atoms with E-state index >= 15 is 0 Å². The largest absolute Gasteiger partial charge is 0.490 e. The van der Waals surface area contributed by atoms with Crippen molar-refractivity contribution in [3.8, 4) is 17.6 Å². The van der Waals surface area contributed by atoms with Gasteiger partial charge in [0.15, 0.2) is 18.1 Å². The number of aryl methyl sites for hydroxylation is 2. The standard InChI is InChI=1S/C28H26ClN3O4/c1-4-35-25-15-20(13-21(16-30)28(34)32-22-10-8-18(2)9-11-22)14-24(29)27(25)36-17-26(33)31-23-7-5-6-19(3)12-23/h5-15H,4,17H2,1-3H3,(H,31,33)(H,32,34)/b21-13+. The van der Waals surface area contributed by atoms with E-state index in [1.807, 2.05) is 50.2 Å². The Morgan fingerprint density at radius 2 is 1.72 bits per heavy atom. The third-order valence-corrected chi connectivity index (χ3v) is 5.25. The molecule has 8 heteroatoms. The van der Waals surface area contributed by atoms with Gasteiger partial charge in [0.2, 0.25) is 0 Å². The van der Waals surface area contributed by atoms with E-state index in [-0.39, 0.29) is 34.6 Å². The van der Waals surface area contributed by atoms with Crippen LogP contribution in [-0.2, 0) is 9.59 Å². The topological polar surface area (TPSA) is 100 Å². The quantitative estimate of drug-likeness (QED) is 0.279. The van der Waals surface area contributed by atoms with E-state index < -0.39 is 5.91 Å². The third kappa shape index (κ3) is 7.36. The van der Waals surface area contributed by atoms with Crippen LogP contribution >= 0.6 is 11.6 Å². The van der Waals surface area contributed by atoms with Crippen molar-refractivity contribution < 1.29 is 19.1 Å². The van der Waals surface area contributed by atoms with E-state index in [1.165, 1.54) is 12.1 Å². The molecule has 3 aromatic rings. The fourth-order valence-electron chi connectivity index (χ4n) is 3.28. The minimum absolute atomic E-state index is 0.111. The van der Waals surface area contributed by atoms with Gasteiger partial charge in [-0.2, -0.15) is 5.26 Å². The van der Waals surface area contributed by atoms with Gasteiger partial charge in [-0.25, -0.2) is 0 Å². The number of anilines is 2. The van der Waals surface area contributed by atoms with Crippen LogP contribution in [0.1, 0.15) is 23.6 Å². The lowest BCUT2D eigenvalue weighted by Gasteiger charge is -2.15. The smallest absolute Gasteiger partial charge is 0.266 e. The number of nitriles is 1.